The first kappa shape index (κ1) is 14.5. The molecule has 4 N–H and O–H groups in total. The maximum atomic E-state index is 12.0. The Kier molecular flexibility index (Phi) is 4.17. The van der Waals surface area contributed by atoms with Crippen LogP contribution in [0.4, 0.5) is 0 Å². The Bertz CT molecular complexity index is 705. The van der Waals surface area contributed by atoms with E-state index in [0.717, 1.165) is 0 Å². The van der Waals surface area contributed by atoms with Crippen molar-refractivity contribution in [2.75, 3.05) is 0 Å². The fourth-order valence-corrected chi connectivity index (χ4v) is 1.80. The molecule has 0 saturated heterocycles. The molecule has 2 aromatic rings. The Labute approximate surface area is 119 Å². The Morgan fingerprint density at radius 2 is 2.19 bits per heavy atom. The van der Waals surface area contributed by atoms with Crippen molar-refractivity contribution < 1.29 is 14.7 Å². The number of carboxylic acid groups (broad SMARTS) is 1. The molecule has 1 amide bonds. The number of amides is 1. The molecule has 0 aliphatic heterocycles. The van der Waals surface area contributed by atoms with E-state index in [1.54, 1.807) is 6.92 Å². The first-order chi connectivity index (χ1) is 9.97. The van der Waals surface area contributed by atoms with Crippen molar-refractivity contribution in [3.05, 3.63) is 52.0 Å². The van der Waals surface area contributed by atoms with Crippen LogP contribution in [0.2, 0.25) is 0 Å². The lowest BCUT2D eigenvalue weighted by Crippen LogP contribution is -2.43. The van der Waals surface area contributed by atoms with E-state index in [2.05, 4.69) is 20.3 Å². The Morgan fingerprint density at radius 3 is 2.76 bits per heavy atom. The molecule has 2 aromatic heterocycles. The quantitative estimate of drug-likeness (QED) is 0.608. The van der Waals surface area contributed by atoms with Gasteiger partial charge in [0.1, 0.15) is 11.6 Å². The number of carboxylic acids is 1. The third kappa shape index (κ3) is 3.56. The number of nitrogens with zero attached hydrogens (tertiary/aromatic N) is 1. The maximum absolute atomic E-state index is 12.0. The predicted molar refractivity (Wildman–Crippen MR) is 73.0 cm³/mol. The summed E-state index contributed by atoms with van der Waals surface area (Å²) in [4.78, 5) is 44.2. The zero-order chi connectivity index (χ0) is 15.4. The Balaban J connectivity index is 2.14. The van der Waals surface area contributed by atoms with Gasteiger partial charge in [0.2, 0.25) is 0 Å². The maximum Gasteiger partial charge on any atom is 0.326 e. The summed E-state index contributed by atoms with van der Waals surface area (Å²) in [7, 11) is 0. The summed E-state index contributed by atoms with van der Waals surface area (Å²) in [6.45, 7) is 1.68. The Morgan fingerprint density at radius 1 is 1.43 bits per heavy atom. The van der Waals surface area contributed by atoms with Crippen LogP contribution in [0.25, 0.3) is 0 Å². The molecular formula is C13H14N4O4. The van der Waals surface area contributed by atoms with Gasteiger partial charge in [-0.3, -0.25) is 9.59 Å². The predicted octanol–water partition coefficient (Wildman–Crippen LogP) is -0.168. The monoisotopic (exact) mass is 290 g/mol. The van der Waals surface area contributed by atoms with E-state index >= 15 is 0 Å². The highest BCUT2D eigenvalue weighted by Gasteiger charge is 2.22. The Hall–Kier alpha value is -2.90. The molecule has 0 fully saturated rings. The van der Waals surface area contributed by atoms with Crippen LogP contribution in [-0.2, 0) is 11.2 Å². The number of aliphatic carboxylic acids is 1. The molecule has 2 heterocycles. The number of aromatic nitrogens is 3. The van der Waals surface area contributed by atoms with Gasteiger partial charge in [-0.25, -0.2) is 9.78 Å². The minimum atomic E-state index is -1.19. The summed E-state index contributed by atoms with van der Waals surface area (Å²) in [6.07, 6.45) is 4.20. The zero-order valence-electron chi connectivity index (χ0n) is 11.2. The van der Waals surface area contributed by atoms with Crippen LogP contribution in [0.1, 0.15) is 21.7 Å². The highest BCUT2D eigenvalue weighted by atomic mass is 16.4. The van der Waals surface area contributed by atoms with Crippen molar-refractivity contribution >= 4 is 11.9 Å². The van der Waals surface area contributed by atoms with Crippen LogP contribution < -0.4 is 10.7 Å². The number of pyridine rings is 1. The highest BCUT2D eigenvalue weighted by molar-refractivity contribution is 5.96. The molecule has 0 aromatic carbocycles. The number of hydrogen-bond donors (Lipinski definition) is 4. The minimum Gasteiger partial charge on any atom is -0.480 e. The molecule has 0 unspecified atom stereocenters. The van der Waals surface area contributed by atoms with E-state index in [1.165, 1.54) is 24.8 Å². The van der Waals surface area contributed by atoms with Gasteiger partial charge in [0.25, 0.3) is 5.91 Å². The van der Waals surface area contributed by atoms with Crippen molar-refractivity contribution in [3.63, 3.8) is 0 Å². The van der Waals surface area contributed by atoms with Gasteiger partial charge in [0.15, 0.2) is 5.43 Å². The second-order valence-corrected chi connectivity index (χ2v) is 4.54. The normalized spacial score (nSPS) is 11.9. The lowest BCUT2D eigenvalue weighted by Gasteiger charge is -2.13. The van der Waals surface area contributed by atoms with Crippen molar-refractivity contribution in [3.8, 4) is 0 Å². The van der Waals surface area contributed by atoms with E-state index in [9.17, 15) is 14.4 Å². The molecule has 0 aliphatic carbocycles. The number of aryl methyl sites for hydroxylation is 1. The van der Waals surface area contributed by atoms with Gasteiger partial charge in [-0.1, -0.05) is 0 Å². The van der Waals surface area contributed by atoms with Crippen molar-refractivity contribution in [2.24, 2.45) is 0 Å². The van der Waals surface area contributed by atoms with Crippen LogP contribution in [-0.4, -0.2) is 38.0 Å². The average Bonchev–Trinajstić information content (AvgIpc) is 2.90. The fourth-order valence-electron chi connectivity index (χ4n) is 1.80. The number of carbonyl (C=O) groups is 2. The van der Waals surface area contributed by atoms with E-state index < -0.39 is 23.3 Å². The molecule has 0 saturated carbocycles. The standard InChI is InChI=1S/C13H14N4O4/c1-7-2-11(18)9(5-15-7)12(19)17-10(13(20)21)3-8-4-14-6-16-8/h2,4-6,10H,3H2,1H3,(H,14,16)(H,15,18)(H,17,19)(H,20,21)/t10-/m1/s1. The lowest BCUT2D eigenvalue weighted by molar-refractivity contribution is -0.139. The van der Waals surface area contributed by atoms with Crippen LogP contribution in [0.3, 0.4) is 0 Å². The molecule has 110 valence electrons. The molecule has 0 bridgehead atoms. The third-order valence-corrected chi connectivity index (χ3v) is 2.88. The number of carbonyl (C=O) groups excluding carboxylic acids is 1. The molecular weight excluding hydrogens is 276 g/mol. The number of H-pyrrole nitrogens is 2. The number of nitrogens with one attached hydrogen (secondary N) is 3. The first-order valence-electron chi connectivity index (χ1n) is 6.17. The smallest absolute Gasteiger partial charge is 0.326 e. The van der Waals surface area contributed by atoms with E-state index in [-0.39, 0.29) is 12.0 Å². The molecule has 21 heavy (non-hydrogen) atoms. The molecule has 1 atom stereocenters. The summed E-state index contributed by atoms with van der Waals surface area (Å²) in [5.74, 6) is -1.93. The number of aromatic amines is 2. The largest absolute Gasteiger partial charge is 0.480 e. The van der Waals surface area contributed by atoms with Gasteiger partial charge in [-0.15, -0.1) is 0 Å². The van der Waals surface area contributed by atoms with Crippen molar-refractivity contribution in [1.29, 1.82) is 0 Å². The van der Waals surface area contributed by atoms with Crippen molar-refractivity contribution in [2.45, 2.75) is 19.4 Å². The van der Waals surface area contributed by atoms with Crippen LogP contribution in [0, 0.1) is 6.92 Å². The molecule has 0 aliphatic rings. The molecule has 2 rings (SSSR count). The second-order valence-electron chi connectivity index (χ2n) is 4.54. The summed E-state index contributed by atoms with van der Waals surface area (Å²) >= 11 is 0. The molecule has 8 nitrogen and oxygen atoms in total. The minimum absolute atomic E-state index is 0.0465. The van der Waals surface area contributed by atoms with Gasteiger partial charge in [0.05, 0.1) is 6.33 Å². The summed E-state index contributed by atoms with van der Waals surface area (Å²) in [5, 5.41) is 11.5. The lowest BCUT2D eigenvalue weighted by atomic mass is 10.1. The zero-order valence-corrected chi connectivity index (χ0v) is 11.2. The summed E-state index contributed by atoms with van der Waals surface area (Å²) in [6, 6.07) is 0.123. The van der Waals surface area contributed by atoms with Gasteiger partial charge in [0, 0.05) is 36.3 Å². The first-order valence-corrected chi connectivity index (χ1v) is 6.17. The summed E-state index contributed by atoms with van der Waals surface area (Å²) < 4.78 is 0. The second kappa shape index (κ2) is 6.04. The van der Waals surface area contributed by atoms with E-state index in [1.807, 2.05) is 0 Å². The number of rotatable bonds is 5. The van der Waals surface area contributed by atoms with Crippen LogP contribution in [0.5, 0.6) is 0 Å². The van der Waals surface area contributed by atoms with Crippen LogP contribution >= 0.6 is 0 Å². The van der Waals surface area contributed by atoms with Gasteiger partial charge in [-0.05, 0) is 6.92 Å². The highest BCUT2D eigenvalue weighted by Crippen LogP contribution is 2.01. The average molecular weight is 290 g/mol. The molecule has 8 heteroatoms. The third-order valence-electron chi connectivity index (χ3n) is 2.88. The number of imidazole rings is 1. The molecule has 0 radical (unpaired) electrons. The van der Waals surface area contributed by atoms with Crippen molar-refractivity contribution in [1.82, 2.24) is 20.3 Å². The van der Waals surface area contributed by atoms with Crippen LogP contribution in [0.15, 0.2) is 29.6 Å². The van der Waals surface area contributed by atoms with E-state index in [4.69, 9.17) is 5.11 Å². The summed E-state index contributed by atoms with van der Waals surface area (Å²) in [5.41, 5.74) is 0.593. The van der Waals surface area contributed by atoms with E-state index in [0.29, 0.717) is 11.4 Å². The van der Waals surface area contributed by atoms with Gasteiger partial charge >= 0.3 is 5.97 Å². The van der Waals surface area contributed by atoms with Gasteiger partial charge < -0.3 is 20.4 Å². The van der Waals surface area contributed by atoms with Gasteiger partial charge in [-0.2, -0.15) is 0 Å². The number of hydrogen-bond acceptors (Lipinski definition) is 4. The SMILES string of the molecule is Cc1cc(=O)c(C(=O)N[C@H](Cc2cnc[nH]2)C(=O)O)c[nH]1. The fraction of sp³-hybridized carbons (Fsp3) is 0.231. The topological polar surface area (TPSA) is 128 Å². The molecule has 0 spiro atoms.